The predicted octanol–water partition coefficient (Wildman–Crippen LogP) is 3.50. The Morgan fingerprint density at radius 2 is 2.00 bits per heavy atom. The number of likely N-dealkylation sites (tertiary alicyclic amines) is 1. The molecule has 2 aromatic heterocycles. The van der Waals surface area contributed by atoms with Crippen LogP contribution in [0.2, 0.25) is 0 Å². The third-order valence-electron chi connectivity index (χ3n) is 6.18. The van der Waals surface area contributed by atoms with Gasteiger partial charge < -0.3 is 9.47 Å². The summed E-state index contributed by atoms with van der Waals surface area (Å²) in [5, 5.41) is 0. The average molecular weight is 360 g/mol. The lowest BCUT2D eigenvalue weighted by Crippen LogP contribution is -2.37. The Labute approximate surface area is 159 Å². The number of amides is 1. The summed E-state index contributed by atoms with van der Waals surface area (Å²) in [5.74, 6) is 1.66. The van der Waals surface area contributed by atoms with Gasteiger partial charge in [0.25, 0.3) is 0 Å². The Kier molecular flexibility index (Phi) is 3.78. The van der Waals surface area contributed by atoms with Gasteiger partial charge in [-0.3, -0.25) is 4.79 Å². The summed E-state index contributed by atoms with van der Waals surface area (Å²) < 4.78 is 2.21. The second-order valence-corrected chi connectivity index (χ2v) is 7.75. The zero-order chi connectivity index (χ0) is 18.4. The number of nitrogens with zero attached hydrogens (tertiary/aromatic N) is 4. The molecule has 2 fully saturated rings. The van der Waals surface area contributed by atoms with E-state index < -0.39 is 0 Å². The average Bonchev–Trinajstić information content (AvgIpc) is 3.23. The van der Waals surface area contributed by atoms with Crippen molar-refractivity contribution in [2.45, 2.75) is 44.1 Å². The van der Waals surface area contributed by atoms with E-state index in [4.69, 9.17) is 4.98 Å². The number of rotatable bonds is 4. The third kappa shape index (κ3) is 2.56. The second kappa shape index (κ2) is 6.19. The fourth-order valence-electron chi connectivity index (χ4n) is 4.57. The molecule has 1 unspecified atom stereocenters. The molecule has 1 saturated heterocycles. The largest absolute Gasteiger partial charge is 0.341 e. The maximum Gasteiger partial charge on any atom is 0.233 e. The first kappa shape index (κ1) is 16.5. The van der Waals surface area contributed by atoms with E-state index in [-0.39, 0.29) is 11.3 Å². The normalized spacial score (nSPS) is 20.9. The number of aryl methyl sites for hydroxylation is 1. The highest BCUT2D eigenvalue weighted by atomic mass is 16.2. The molecular formula is C22H24N4O. The smallest absolute Gasteiger partial charge is 0.233 e. The molecule has 0 spiro atoms. The van der Waals surface area contributed by atoms with Crippen LogP contribution in [-0.4, -0.2) is 38.4 Å². The van der Waals surface area contributed by atoms with Crippen molar-refractivity contribution in [2.75, 3.05) is 13.1 Å². The summed E-state index contributed by atoms with van der Waals surface area (Å²) in [7, 11) is 0. The van der Waals surface area contributed by atoms with Gasteiger partial charge in [0, 0.05) is 31.7 Å². The van der Waals surface area contributed by atoms with E-state index in [2.05, 4.69) is 33.5 Å². The van der Waals surface area contributed by atoms with E-state index in [1.54, 1.807) is 0 Å². The summed E-state index contributed by atoms with van der Waals surface area (Å²) >= 11 is 0. The fourth-order valence-corrected chi connectivity index (χ4v) is 4.57. The van der Waals surface area contributed by atoms with Gasteiger partial charge in [-0.15, -0.1) is 0 Å². The second-order valence-electron chi connectivity index (χ2n) is 7.75. The number of hydrogen-bond donors (Lipinski definition) is 0. The molecule has 5 rings (SSSR count). The van der Waals surface area contributed by atoms with Gasteiger partial charge in [0.2, 0.25) is 5.91 Å². The van der Waals surface area contributed by atoms with Crippen molar-refractivity contribution < 1.29 is 4.79 Å². The van der Waals surface area contributed by atoms with Crippen LogP contribution in [0.4, 0.5) is 0 Å². The lowest BCUT2D eigenvalue weighted by atomic mass is 9.94. The maximum absolute atomic E-state index is 13.3. The zero-order valence-corrected chi connectivity index (χ0v) is 15.6. The first-order chi connectivity index (χ1) is 13.2. The van der Waals surface area contributed by atoms with Crippen LogP contribution in [0.5, 0.6) is 0 Å². The molecule has 3 aromatic rings. The number of hydrogen-bond acceptors (Lipinski definition) is 3. The van der Waals surface area contributed by atoms with Crippen LogP contribution in [0.25, 0.3) is 11.2 Å². The number of pyridine rings is 1. The summed E-state index contributed by atoms with van der Waals surface area (Å²) in [5.41, 5.74) is 2.79. The molecule has 1 aliphatic carbocycles. The number of fused-ring (bicyclic) bond motifs is 1. The van der Waals surface area contributed by atoms with Crippen molar-refractivity contribution in [3.05, 3.63) is 60.0 Å². The van der Waals surface area contributed by atoms with Gasteiger partial charge in [0.1, 0.15) is 11.3 Å². The third-order valence-corrected chi connectivity index (χ3v) is 6.18. The van der Waals surface area contributed by atoms with E-state index >= 15 is 0 Å². The Hall–Kier alpha value is -2.69. The molecule has 3 heterocycles. The molecule has 27 heavy (non-hydrogen) atoms. The van der Waals surface area contributed by atoms with Crippen molar-refractivity contribution in [2.24, 2.45) is 0 Å². The highest BCUT2D eigenvalue weighted by molar-refractivity contribution is 5.91. The van der Waals surface area contributed by atoms with Gasteiger partial charge >= 0.3 is 0 Å². The van der Waals surface area contributed by atoms with Crippen LogP contribution in [0.15, 0.2) is 48.7 Å². The Morgan fingerprint density at radius 1 is 1.19 bits per heavy atom. The van der Waals surface area contributed by atoms with Gasteiger partial charge in [-0.1, -0.05) is 30.3 Å². The molecular weight excluding hydrogens is 336 g/mol. The fraction of sp³-hybridized carbons (Fsp3) is 0.409. The number of imidazole rings is 1. The minimum absolute atomic E-state index is 0.275. The van der Waals surface area contributed by atoms with Crippen LogP contribution in [0, 0.1) is 0 Å². The first-order valence-corrected chi connectivity index (χ1v) is 9.89. The van der Waals surface area contributed by atoms with E-state index in [9.17, 15) is 4.79 Å². The van der Waals surface area contributed by atoms with Crippen LogP contribution in [-0.2, 0) is 16.8 Å². The summed E-state index contributed by atoms with van der Waals surface area (Å²) in [4.78, 5) is 24.8. The predicted molar refractivity (Wildman–Crippen MR) is 104 cm³/mol. The molecule has 1 aromatic carbocycles. The molecule has 0 radical (unpaired) electrons. The summed E-state index contributed by atoms with van der Waals surface area (Å²) in [6.45, 7) is 4.56. The van der Waals surface area contributed by atoms with Crippen molar-refractivity contribution in [1.82, 2.24) is 19.4 Å². The number of benzene rings is 1. The van der Waals surface area contributed by atoms with Crippen LogP contribution < -0.4 is 0 Å². The lowest BCUT2D eigenvalue weighted by molar-refractivity contribution is -0.132. The van der Waals surface area contributed by atoms with E-state index in [1.165, 1.54) is 5.56 Å². The lowest BCUT2D eigenvalue weighted by Gasteiger charge is -2.23. The Balaban J connectivity index is 1.40. The Bertz CT molecular complexity index is 990. The number of carbonyl (C=O) groups excluding carboxylic acids is 1. The maximum atomic E-state index is 13.3. The minimum atomic E-state index is -0.275. The first-order valence-electron chi connectivity index (χ1n) is 9.89. The van der Waals surface area contributed by atoms with Gasteiger partial charge in [0.05, 0.1) is 5.41 Å². The van der Waals surface area contributed by atoms with Crippen LogP contribution in [0.3, 0.4) is 0 Å². The minimum Gasteiger partial charge on any atom is -0.341 e. The quantitative estimate of drug-likeness (QED) is 0.715. The van der Waals surface area contributed by atoms with Gasteiger partial charge in [-0.05, 0) is 43.9 Å². The van der Waals surface area contributed by atoms with Crippen molar-refractivity contribution in [3.8, 4) is 0 Å². The van der Waals surface area contributed by atoms with Gasteiger partial charge in [0.15, 0.2) is 5.65 Å². The van der Waals surface area contributed by atoms with Gasteiger partial charge in [-0.25, -0.2) is 9.97 Å². The molecule has 0 N–H and O–H groups in total. The molecule has 5 heteroatoms. The molecule has 2 aliphatic rings. The molecule has 1 aliphatic heterocycles. The van der Waals surface area contributed by atoms with E-state index in [1.807, 2.05) is 36.5 Å². The molecule has 1 amide bonds. The Morgan fingerprint density at radius 3 is 2.74 bits per heavy atom. The summed E-state index contributed by atoms with van der Waals surface area (Å²) in [6, 6.07) is 14.2. The molecule has 138 valence electrons. The standard InChI is InChI=1S/C22H24N4O/c1-2-26-19(24-18-9-6-13-23-20(18)26)16-10-14-25(15-16)21(27)22(11-12-22)17-7-4-3-5-8-17/h3-9,13,16H,2,10-12,14-15H2,1H3. The molecule has 0 bridgehead atoms. The van der Waals surface area contributed by atoms with Crippen LogP contribution in [0.1, 0.15) is 43.5 Å². The molecule has 1 atom stereocenters. The SMILES string of the molecule is CCn1c(C2CCN(C(=O)C3(c4ccccc4)CC3)C2)nc2cccnc21. The molecule has 1 saturated carbocycles. The highest BCUT2D eigenvalue weighted by Crippen LogP contribution is 2.50. The highest BCUT2D eigenvalue weighted by Gasteiger charge is 2.53. The summed E-state index contributed by atoms with van der Waals surface area (Å²) in [6.07, 6.45) is 4.73. The molecule has 5 nitrogen and oxygen atoms in total. The van der Waals surface area contributed by atoms with Crippen molar-refractivity contribution in [3.63, 3.8) is 0 Å². The van der Waals surface area contributed by atoms with Crippen molar-refractivity contribution >= 4 is 17.1 Å². The monoisotopic (exact) mass is 360 g/mol. The zero-order valence-electron chi connectivity index (χ0n) is 15.6. The van der Waals surface area contributed by atoms with E-state index in [0.29, 0.717) is 5.91 Å². The van der Waals surface area contributed by atoms with E-state index in [0.717, 1.165) is 55.9 Å². The van der Waals surface area contributed by atoms with Crippen LogP contribution >= 0.6 is 0 Å². The van der Waals surface area contributed by atoms with Gasteiger partial charge in [-0.2, -0.15) is 0 Å². The number of carbonyl (C=O) groups is 1. The topological polar surface area (TPSA) is 51.0 Å². The number of aromatic nitrogens is 3. The van der Waals surface area contributed by atoms with Crippen molar-refractivity contribution in [1.29, 1.82) is 0 Å².